The zero-order chi connectivity index (χ0) is 12.8. The Morgan fingerprint density at radius 3 is 2.76 bits per heavy atom. The molecule has 0 radical (unpaired) electrons. The van der Waals surface area contributed by atoms with Gasteiger partial charge in [0.05, 0.1) is 5.92 Å². The van der Waals surface area contributed by atoms with Crippen LogP contribution in [0.15, 0.2) is 0 Å². The highest BCUT2D eigenvalue weighted by atomic mass is 16.3. The van der Waals surface area contributed by atoms with Gasteiger partial charge in [-0.05, 0) is 31.1 Å². The minimum atomic E-state index is -0.0487. The van der Waals surface area contributed by atoms with E-state index in [1.807, 2.05) is 4.90 Å². The van der Waals surface area contributed by atoms with Crippen LogP contribution in [0.2, 0.25) is 0 Å². The summed E-state index contributed by atoms with van der Waals surface area (Å²) in [4.78, 5) is 14.2. The predicted molar refractivity (Wildman–Crippen MR) is 68.4 cm³/mol. The summed E-state index contributed by atoms with van der Waals surface area (Å²) in [6.07, 6.45) is 2.88. The molecule has 0 saturated carbocycles. The molecule has 1 aliphatic rings. The summed E-state index contributed by atoms with van der Waals surface area (Å²) >= 11 is 0. The lowest BCUT2D eigenvalue weighted by Crippen LogP contribution is -2.45. The van der Waals surface area contributed by atoms with Crippen molar-refractivity contribution in [3.05, 3.63) is 0 Å². The largest absolute Gasteiger partial charge is 0.396 e. The fraction of sp³-hybridized carbons (Fsp3) is 0.923. The summed E-state index contributed by atoms with van der Waals surface area (Å²) < 4.78 is 0. The van der Waals surface area contributed by atoms with Crippen molar-refractivity contribution in [2.45, 2.75) is 33.1 Å². The zero-order valence-electron chi connectivity index (χ0n) is 11.1. The van der Waals surface area contributed by atoms with Gasteiger partial charge in [-0.25, -0.2) is 0 Å². The second kappa shape index (κ2) is 6.97. The van der Waals surface area contributed by atoms with Crippen molar-refractivity contribution in [1.29, 1.82) is 0 Å². The van der Waals surface area contributed by atoms with Crippen molar-refractivity contribution < 1.29 is 9.90 Å². The maximum Gasteiger partial charge on any atom is 0.226 e. The second-order valence-corrected chi connectivity index (χ2v) is 5.54. The van der Waals surface area contributed by atoms with Crippen molar-refractivity contribution in [2.24, 2.45) is 23.5 Å². The quantitative estimate of drug-likeness (QED) is 0.750. The number of rotatable bonds is 5. The molecule has 2 unspecified atom stereocenters. The summed E-state index contributed by atoms with van der Waals surface area (Å²) in [5, 5.41) is 9.17. The average molecular weight is 242 g/mol. The highest BCUT2D eigenvalue weighted by Gasteiger charge is 2.28. The number of hydrogen-bond donors (Lipinski definition) is 2. The number of carbonyl (C=O) groups is 1. The van der Waals surface area contributed by atoms with Crippen molar-refractivity contribution in [3.8, 4) is 0 Å². The van der Waals surface area contributed by atoms with Gasteiger partial charge in [-0.1, -0.05) is 13.8 Å². The van der Waals surface area contributed by atoms with Gasteiger partial charge in [-0.15, -0.1) is 0 Å². The number of carbonyl (C=O) groups excluding carboxylic acids is 1. The zero-order valence-corrected chi connectivity index (χ0v) is 11.1. The SMILES string of the molecule is CC(C)CC(CN)C(=O)N1CCCC(CO)C1. The number of piperidine rings is 1. The fourth-order valence-electron chi connectivity index (χ4n) is 2.54. The van der Waals surface area contributed by atoms with E-state index in [-0.39, 0.29) is 24.3 Å². The topological polar surface area (TPSA) is 66.6 Å². The van der Waals surface area contributed by atoms with E-state index >= 15 is 0 Å². The normalized spacial score (nSPS) is 22.9. The van der Waals surface area contributed by atoms with Gasteiger partial charge in [-0.3, -0.25) is 4.79 Å². The Morgan fingerprint density at radius 1 is 1.53 bits per heavy atom. The van der Waals surface area contributed by atoms with E-state index in [2.05, 4.69) is 13.8 Å². The van der Waals surface area contributed by atoms with Gasteiger partial charge < -0.3 is 15.7 Å². The van der Waals surface area contributed by atoms with Crippen LogP contribution in [0.25, 0.3) is 0 Å². The van der Waals surface area contributed by atoms with Crippen LogP contribution >= 0.6 is 0 Å². The van der Waals surface area contributed by atoms with E-state index in [4.69, 9.17) is 10.8 Å². The van der Waals surface area contributed by atoms with Gasteiger partial charge >= 0.3 is 0 Å². The van der Waals surface area contributed by atoms with Crippen molar-refractivity contribution in [2.75, 3.05) is 26.2 Å². The Labute approximate surface area is 104 Å². The van der Waals surface area contributed by atoms with Gasteiger partial charge in [0.2, 0.25) is 5.91 Å². The third-order valence-electron chi connectivity index (χ3n) is 3.48. The first kappa shape index (κ1) is 14.5. The number of aliphatic hydroxyl groups excluding tert-OH is 1. The maximum atomic E-state index is 12.3. The Bertz CT molecular complexity index is 244. The van der Waals surface area contributed by atoms with E-state index in [9.17, 15) is 4.79 Å². The molecule has 17 heavy (non-hydrogen) atoms. The van der Waals surface area contributed by atoms with Gasteiger partial charge in [0.1, 0.15) is 0 Å². The van der Waals surface area contributed by atoms with Crippen LogP contribution < -0.4 is 5.73 Å². The van der Waals surface area contributed by atoms with Crippen LogP contribution in [0, 0.1) is 17.8 Å². The van der Waals surface area contributed by atoms with Gasteiger partial charge in [0, 0.05) is 26.2 Å². The van der Waals surface area contributed by atoms with Crippen LogP contribution in [0.5, 0.6) is 0 Å². The molecular formula is C13H26N2O2. The van der Waals surface area contributed by atoms with Crippen LogP contribution in [-0.2, 0) is 4.79 Å². The molecular weight excluding hydrogens is 216 g/mol. The third-order valence-corrected chi connectivity index (χ3v) is 3.48. The van der Waals surface area contributed by atoms with E-state index in [1.54, 1.807) is 0 Å². The molecule has 4 heteroatoms. The molecule has 0 spiro atoms. The third kappa shape index (κ3) is 4.28. The first-order valence-corrected chi connectivity index (χ1v) is 6.68. The van der Waals surface area contributed by atoms with E-state index < -0.39 is 0 Å². The van der Waals surface area contributed by atoms with Gasteiger partial charge in [0.25, 0.3) is 0 Å². The molecule has 2 atom stereocenters. The highest BCUT2D eigenvalue weighted by molar-refractivity contribution is 5.79. The van der Waals surface area contributed by atoms with Crippen LogP contribution in [0.1, 0.15) is 33.1 Å². The fourth-order valence-corrected chi connectivity index (χ4v) is 2.54. The van der Waals surface area contributed by atoms with Crippen molar-refractivity contribution in [3.63, 3.8) is 0 Å². The predicted octanol–water partition coefficient (Wildman–Crippen LogP) is 0.838. The molecule has 0 aromatic carbocycles. The smallest absolute Gasteiger partial charge is 0.226 e. The number of amides is 1. The van der Waals surface area contributed by atoms with Gasteiger partial charge in [-0.2, -0.15) is 0 Å². The molecule has 0 bridgehead atoms. The minimum absolute atomic E-state index is 0.0487. The molecule has 1 fully saturated rings. The molecule has 1 amide bonds. The molecule has 100 valence electrons. The van der Waals surface area contributed by atoms with E-state index in [0.717, 1.165) is 25.8 Å². The lowest BCUT2D eigenvalue weighted by atomic mass is 9.93. The summed E-state index contributed by atoms with van der Waals surface area (Å²) in [7, 11) is 0. The maximum absolute atomic E-state index is 12.3. The number of nitrogens with zero attached hydrogens (tertiary/aromatic N) is 1. The monoisotopic (exact) mass is 242 g/mol. The lowest BCUT2D eigenvalue weighted by molar-refractivity contribution is -0.137. The molecule has 0 aromatic rings. The standard InChI is InChI=1S/C13H26N2O2/c1-10(2)6-12(7-14)13(17)15-5-3-4-11(8-15)9-16/h10-12,16H,3-9,14H2,1-2H3. The molecule has 3 N–H and O–H groups in total. The number of hydrogen-bond acceptors (Lipinski definition) is 3. The van der Waals surface area contributed by atoms with Crippen LogP contribution in [0.3, 0.4) is 0 Å². The first-order chi connectivity index (χ1) is 8.08. The minimum Gasteiger partial charge on any atom is -0.396 e. The number of aliphatic hydroxyl groups is 1. The molecule has 4 nitrogen and oxygen atoms in total. The summed E-state index contributed by atoms with van der Waals surface area (Å²) in [5.74, 6) is 0.878. The van der Waals surface area contributed by atoms with Crippen LogP contribution in [-0.4, -0.2) is 42.2 Å². The molecule has 0 aromatic heterocycles. The van der Waals surface area contributed by atoms with Gasteiger partial charge in [0.15, 0.2) is 0 Å². The average Bonchev–Trinajstić information content (AvgIpc) is 2.35. The molecule has 0 aliphatic carbocycles. The first-order valence-electron chi connectivity index (χ1n) is 6.68. The number of likely N-dealkylation sites (tertiary alicyclic amines) is 1. The Kier molecular flexibility index (Phi) is 5.92. The summed E-state index contributed by atoms with van der Waals surface area (Å²) in [5.41, 5.74) is 5.70. The molecule has 1 aliphatic heterocycles. The highest BCUT2D eigenvalue weighted by Crippen LogP contribution is 2.20. The summed E-state index contributed by atoms with van der Waals surface area (Å²) in [6.45, 7) is 6.36. The second-order valence-electron chi connectivity index (χ2n) is 5.54. The molecule has 1 saturated heterocycles. The van der Waals surface area contributed by atoms with E-state index in [1.165, 1.54) is 0 Å². The lowest BCUT2D eigenvalue weighted by Gasteiger charge is -2.34. The Morgan fingerprint density at radius 2 is 2.24 bits per heavy atom. The molecule has 1 heterocycles. The Balaban J connectivity index is 2.54. The van der Waals surface area contributed by atoms with Crippen molar-refractivity contribution in [1.82, 2.24) is 4.90 Å². The number of nitrogens with two attached hydrogens (primary N) is 1. The van der Waals surface area contributed by atoms with Crippen LogP contribution in [0.4, 0.5) is 0 Å². The Hall–Kier alpha value is -0.610. The molecule has 1 rings (SSSR count). The van der Waals surface area contributed by atoms with Crippen molar-refractivity contribution >= 4 is 5.91 Å². The van der Waals surface area contributed by atoms with E-state index in [0.29, 0.717) is 19.0 Å². The summed E-state index contributed by atoms with van der Waals surface area (Å²) in [6, 6.07) is 0.